The Kier molecular flexibility index (Phi) is 7.83. The maximum absolute atomic E-state index is 13.7. The first-order chi connectivity index (χ1) is 14.0. The number of rotatable bonds is 8. The van der Waals surface area contributed by atoms with Crippen LogP contribution < -0.4 is 5.32 Å². The molecule has 2 aromatic carbocycles. The second-order valence-electron chi connectivity index (χ2n) is 5.85. The number of benzene rings is 2. The molecule has 2 aromatic rings. The summed E-state index contributed by atoms with van der Waals surface area (Å²) in [5.74, 6) is -12.1. The Morgan fingerprint density at radius 2 is 1.50 bits per heavy atom. The van der Waals surface area contributed by atoms with E-state index in [1.807, 2.05) is 0 Å². The van der Waals surface area contributed by atoms with Gasteiger partial charge >= 0.3 is 0 Å². The van der Waals surface area contributed by atoms with Crippen molar-refractivity contribution in [2.75, 3.05) is 24.2 Å². The summed E-state index contributed by atoms with van der Waals surface area (Å²) >= 11 is 0.125. The molecule has 0 aromatic heterocycles. The zero-order valence-corrected chi connectivity index (χ0v) is 17.4. The number of carbonyl (C=O) groups excluding carboxylic acids is 1. The van der Waals surface area contributed by atoms with Gasteiger partial charge in [0, 0.05) is 18.8 Å². The third-order valence-electron chi connectivity index (χ3n) is 3.98. The van der Waals surface area contributed by atoms with Gasteiger partial charge < -0.3 is 5.32 Å². The molecule has 12 heteroatoms. The molecule has 0 saturated heterocycles. The van der Waals surface area contributed by atoms with Gasteiger partial charge in [-0.1, -0.05) is 19.9 Å². The van der Waals surface area contributed by atoms with Crippen molar-refractivity contribution in [1.29, 1.82) is 0 Å². The van der Waals surface area contributed by atoms with Crippen molar-refractivity contribution in [2.45, 2.75) is 23.6 Å². The molecule has 5 nitrogen and oxygen atoms in total. The highest BCUT2D eigenvalue weighted by Gasteiger charge is 2.26. The van der Waals surface area contributed by atoms with Crippen LogP contribution in [0.25, 0.3) is 0 Å². The van der Waals surface area contributed by atoms with Crippen LogP contribution in [0.4, 0.5) is 27.6 Å². The second-order valence-corrected chi connectivity index (χ2v) is 8.78. The molecule has 0 heterocycles. The van der Waals surface area contributed by atoms with E-state index in [0.717, 1.165) is 0 Å². The van der Waals surface area contributed by atoms with Crippen LogP contribution in [0, 0.1) is 29.1 Å². The summed E-state index contributed by atoms with van der Waals surface area (Å²) in [6.45, 7) is 3.83. The summed E-state index contributed by atoms with van der Waals surface area (Å²) in [6.07, 6.45) is 0. The molecule has 0 spiro atoms. The van der Waals surface area contributed by atoms with Gasteiger partial charge in [-0.3, -0.25) is 4.79 Å². The zero-order valence-electron chi connectivity index (χ0n) is 15.8. The number of hydrogen-bond donors (Lipinski definition) is 1. The summed E-state index contributed by atoms with van der Waals surface area (Å²) in [7, 11) is -3.78. The smallest absolute Gasteiger partial charge is 0.243 e. The fourth-order valence-electron chi connectivity index (χ4n) is 2.49. The Morgan fingerprint density at radius 3 is 2.03 bits per heavy atom. The maximum atomic E-state index is 13.7. The predicted octanol–water partition coefficient (Wildman–Crippen LogP) is 4.14. The Bertz CT molecular complexity index is 1030. The summed E-state index contributed by atoms with van der Waals surface area (Å²) in [4.78, 5) is 10.8. The van der Waals surface area contributed by atoms with Crippen molar-refractivity contribution in [3.8, 4) is 0 Å². The minimum atomic E-state index is -3.78. The molecule has 0 aliphatic heterocycles. The minimum absolute atomic E-state index is 0.0728. The lowest BCUT2D eigenvalue weighted by Crippen LogP contribution is -2.30. The van der Waals surface area contributed by atoms with E-state index in [4.69, 9.17) is 0 Å². The Morgan fingerprint density at radius 1 is 0.967 bits per heavy atom. The van der Waals surface area contributed by atoms with Crippen molar-refractivity contribution in [3.63, 3.8) is 0 Å². The Hall–Kier alpha value is -2.18. The Balaban J connectivity index is 2.16. The lowest BCUT2D eigenvalue weighted by molar-refractivity contribution is -0.113. The summed E-state index contributed by atoms with van der Waals surface area (Å²) in [5, 5.41) is 2.33. The van der Waals surface area contributed by atoms with Gasteiger partial charge in [-0.05, 0) is 18.2 Å². The first-order valence-corrected chi connectivity index (χ1v) is 11.0. The first-order valence-electron chi connectivity index (χ1n) is 8.58. The number of carbonyl (C=O) groups is 1. The number of anilines is 1. The highest BCUT2D eigenvalue weighted by Crippen LogP contribution is 2.31. The molecule has 0 atom stereocenters. The molecule has 0 fully saturated rings. The largest absolute Gasteiger partial charge is 0.325 e. The molecular formula is C18H17F5N2O3S2. The molecule has 0 bridgehead atoms. The van der Waals surface area contributed by atoms with Crippen molar-refractivity contribution in [1.82, 2.24) is 4.31 Å². The number of hydrogen-bond acceptors (Lipinski definition) is 4. The van der Waals surface area contributed by atoms with Crippen LogP contribution >= 0.6 is 11.8 Å². The SMILES string of the molecule is CCN(CC)S(=O)(=O)c1cccc(NC(=O)CSc2c(F)c(F)c(F)c(F)c2F)c1. The topological polar surface area (TPSA) is 66.5 Å². The average Bonchev–Trinajstić information content (AvgIpc) is 2.71. The monoisotopic (exact) mass is 468 g/mol. The molecule has 30 heavy (non-hydrogen) atoms. The zero-order chi connectivity index (χ0) is 22.6. The van der Waals surface area contributed by atoms with E-state index in [1.54, 1.807) is 13.8 Å². The molecular weight excluding hydrogens is 451 g/mol. The van der Waals surface area contributed by atoms with E-state index in [1.165, 1.54) is 28.6 Å². The standard InChI is InChI=1S/C18H17F5N2O3S2/c1-3-25(4-2)30(27,28)11-7-5-6-10(8-11)24-12(26)9-29-18-16(22)14(20)13(19)15(21)17(18)23/h5-8H,3-4,9H2,1-2H3,(H,24,26). The van der Waals surface area contributed by atoms with E-state index < -0.39 is 55.7 Å². The molecule has 0 saturated carbocycles. The lowest BCUT2D eigenvalue weighted by Gasteiger charge is -2.18. The fraction of sp³-hybridized carbons (Fsp3) is 0.278. The van der Waals surface area contributed by atoms with Gasteiger partial charge in [0.25, 0.3) is 0 Å². The van der Waals surface area contributed by atoms with Crippen molar-refractivity contribution < 1.29 is 35.2 Å². The first kappa shape index (κ1) is 24.1. The molecule has 164 valence electrons. The van der Waals surface area contributed by atoms with Gasteiger partial charge in [-0.15, -0.1) is 11.8 Å². The quantitative estimate of drug-likeness (QED) is 0.274. The molecule has 0 radical (unpaired) electrons. The third-order valence-corrected chi connectivity index (χ3v) is 7.08. The number of nitrogens with zero attached hydrogens (tertiary/aromatic N) is 1. The summed E-state index contributed by atoms with van der Waals surface area (Å²) in [5.41, 5.74) is 0.0891. The third kappa shape index (κ3) is 4.93. The van der Waals surface area contributed by atoms with E-state index in [9.17, 15) is 35.2 Å². The van der Waals surface area contributed by atoms with Crippen LogP contribution in [0.3, 0.4) is 0 Å². The summed E-state index contributed by atoms with van der Waals surface area (Å²) < 4.78 is 93.1. The Labute approximate surface area is 174 Å². The van der Waals surface area contributed by atoms with Crippen LogP contribution in [-0.2, 0) is 14.8 Å². The van der Waals surface area contributed by atoms with E-state index in [2.05, 4.69) is 5.32 Å². The predicted molar refractivity (Wildman–Crippen MR) is 102 cm³/mol. The normalized spacial score (nSPS) is 11.7. The molecule has 1 N–H and O–H groups in total. The van der Waals surface area contributed by atoms with Crippen LogP contribution in [0.2, 0.25) is 0 Å². The van der Waals surface area contributed by atoms with Crippen LogP contribution in [0.15, 0.2) is 34.1 Å². The van der Waals surface area contributed by atoms with E-state index in [0.29, 0.717) is 0 Å². The number of nitrogens with one attached hydrogen (secondary N) is 1. The lowest BCUT2D eigenvalue weighted by atomic mass is 10.3. The molecule has 1 amide bonds. The maximum Gasteiger partial charge on any atom is 0.243 e. The van der Waals surface area contributed by atoms with E-state index in [-0.39, 0.29) is 35.4 Å². The number of halogens is 5. The number of amides is 1. The number of sulfonamides is 1. The molecule has 2 rings (SSSR count). The van der Waals surface area contributed by atoms with Crippen LogP contribution in [0.1, 0.15) is 13.8 Å². The average molecular weight is 468 g/mol. The van der Waals surface area contributed by atoms with Gasteiger partial charge in [0.2, 0.25) is 21.7 Å². The highest BCUT2D eigenvalue weighted by molar-refractivity contribution is 8.00. The number of thioether (sulfide) groups is 1. The molecule has 0 aliphatic rings. The molecule has 0 aliphatic carbocycles. The van der Waals surface area contributed by atoms with Gasteiger partial charge in [0.15, 0.2) is 23.3 Å². The van der Waals surface area contributed by atoms with Gasteiger partial charge in [0.05, 0.1) is 15.5 Å². The van der Waals surface area contributed by atoms with Gasteiger partial charge in [0.1, 0.15) is 0 Å². The molecule has 0 unspecified atom stereocenters. The van der Waals surface area contributed by atoms with Crippen molar-refractivity contribution in [2.24, 2.45) is 0 Å². The van der Waals surface area contributed by atoms with Crippen molar-refractivity contribution >= 4 is 33.4 Å². The van der Waals surface area contributed by atoms with Crippen LogP contribution in [0.5, 0.6) is 0 Å². The fourth-order valence-corrected chi connectivity index (χ4v) is 4.78. The minimum Gasteiger partial charge on any atom is -0.325 e. The highest BCUT2D eigenvalue weighted by atomic mass is 32.2. The van der Waals surface area contributed by atoms with Crippen LogP contribution in [-0.4, -0.2) is 37.5 Å². The van der Waals surface area contributed by atoms with Crippen molar-refractivity contribution in [3.05, 3.63) is 53.4 Å². The van der Waals surface area contributed by atoms with Gasteiger partial charge in [-0.2, -0.15) is 4.31 Å². The second kappa shape index (κ2) is 9.75. The van der Waals surface area contributed by atoms with E-state index >= 15 is 0 Å². The van der Waals surface area contributed by atoms with Gasteiger partial charge in [-0.25, -0.2) is 30.4 Å². The summed E-state index contributed by atoms with van der Waals surface area (Å²) in [6, 6.07) is 5.33.